The van der Waals surface area contributed by atoms with Crippen molar-refractivity contribution in [2.75, 3.05) is 33.3 Å². The third-order valence-corrected chi connectivity index (χ3v) is 6.35. The summed E-state index contributed by atoms with van der Waals surface area (Å²) >= 11 is 0. The maximum atomic E-state index is 12.7. The molecule has 172 valence electrons. The Balaban J connectivity index is 1.62. The van der Waals surface area contributed by atoms with Gasteiger partial charge in [0.15, 0.2) is 0 Å². The van der Waals surface area contributed by atoms with E-state index in [9.17, 15) is 10.1 Å². The molecule has 0 bridgehead atoms. The number of nitro groups is 1. The number of hydrogen-bond donors (Lipinski definition) is 0. The van der Waals surface area contributed by atoms with E-state index in [2.05, 4.69) is 34.1 Å². The molecule has 33 heavy (non-hydrogen) atoms. The number of rotatable bonds is 8. The van der Waals surface area contributed by atoms with Gasteiger partial charge in [-0.3, -0.25) is 19.9 Å². The van der Waals surface area contributed by atoms with Gasteiger partial charge in [-0.25, -0.2) is 0 Å². The molecule has 0 amide bonds. The third kappa shape index (κ3) is 5.97. The summed E-state index contributed by atoms with van der Waals surface area (Å²) in [7, 11) is 1.63. The topological polar surface area (TPSA) is 58.9 Å². The Kier molecular flexibility index (Phi) is 7.37. The van der Waals surface area contributed by atoms with Crippen LogP contribution in [0.4, 0.5) is 0 Å². The maximum Gasteiger partial charge on any atom is 0.251 e. The normalized spacial score (nSPS) is 16.8. The average molecular weight is 446 g/mol. The van der Waals surface area contributed by atoms with Crippen molar-refractivity contribution in [3.05, 3.63) is 112 Å². The highest BCUT2D eigenvalue weighted by Crippen LogP contribution is 2.26. The zero-order valence-corrected chi connectivity index (χ0v) is 19.1. The molecule has 1 aliphatic heterocycles. The first-order valence-corrected chi connectivity index (χ1v) is 11.4. The van der Waals surface area contributed by atoms with Crippen LogP contribution in [0, 0.1) is 10.1 Å². The van der Waals surface area contributed by atoms with Crippen molar-refractivity contribution in [3.63, 3.8) is 0 Å². The molecule has 0 spiro atoms. The summed E-state index contributed by atoms with van der Waals surface area (Å²) in [4.78, 5) is 17.1. The molecule has 0 unspecified atom stereocenters. The van der Waals surface area contributed by atoms with Crippen LogP contribution in [-0.2, 0) is 19.5 Å². The van der Waals surface area contributed by atoms with Gasteiger partial charge in [-0.15, -0.1) is 0 Å². The van der Waals surface area contributed by atoms with Crippen LogP contribution < -0.4 is 4.74 Å². The summed E-state index contributed by atoms with van der Waals surface area (Å²) < 4.78 is 5.27. The van der Waals surface area contributed by atoms with Gasteiger partial charge in [-0.2, -0.15) is 0 Å². The van der Waals surface area contributed by atoms with Crippen LogP contribution in [0.5, 0.6) is 5.75 Å². The standard InChI is InChI=1S/C27H31N3O3/c1-33-26-14-12-23(13-15-26)18-27(30(31)32)21-28(19-24-8-4-2-5-9-24)16-17-29(22-27)20-25-10-6-3-7-11-25/h2-15H,16-22H2,1H3. The summed E-state index contributed by atoms with van der Waals surface area (Å²) in [5, 5.41) is 12.7. The van der Waals surface area contributed by atoms with Gasteiger partial charge in [0.25, 0.3) is 5.54 Å². The Bertz CT molecular complexity index is 974. The minimum absolute atomic E-state index is 0.0431. The lowest BCUT2D eigenvalue weighted by atomic mass is 9.90. The highest BCUT2D eigenvalue weighted by atomic mass is 16.6. The lowest BCUT2D eigenvalue weighted by Crippen LogP contribution is -2.54. The largest absolute Gasteiger partial charge is 0.497 e. The highest BCUT2D eigenvalue weighted by molar-refractivity contribution is 5.28. The lowest BCUT2D eigenvalue weighted by molar-refractivity contribution is -0.570. The van der Waals surface area contributed by atoms with E-state index in [0.29, 0.717) is 32.6 Å². The van der Waals surface area contributed by atoms with E-state index in [1.165, 1.54) is 11.1 Å². The second kappa shape index (κ2) is 10.6. The molecule has 0 N–H and O–H groups in total. The van der Waals surface area contributed by atoms with Crippen LogP contribution >= 0.6 is 0 Å². The summed E-state index contributed by atoms with van der Waals surface area (Å²) in [6.45, 7) is 3.81. The second-order valence-electron chi connectivity index (χ2n) is 8.90. The molecule has 4 rings (SSSR count). The van der Waals surface area contributed by atoms with E-state index in [1.807, 2.05) is 60.7 Å². The summed E-state index contributed by atoms with van der Waals surface area (Å²) in [5.74, 6) is 0.756. The first-order valence-electron chi connectivity index (χ1n) is 11.4. The minimum atomic E-state index is -1.10. The van der Waals surface area contributed by atoms with Crippen molar-refractivity contribution >= 4 is 0 Å². The van der Waals surface area contributed by atoms with Gasteiger partial charge in [-0.05, 0) is 28.8 Å². The Morgan fingerprint density at radius 1 is 0.788 bits per heavy atom. The smallest absolute Gasteiger partial charge is 0.251 e. The van der Waals surface area contributed by atoms with Gasteiger partial charge in [0.05, 0.1) is 20.2 Å². The molecule has 1 fully saturated rings. The molecule has 3 aromatic rings. The molecular formula is C27H31N3O3. The Morgan fingerprint density at radius 2 is 1.27 bits per heavy atom. The predicted molar refractivity (Wildman–Crippen MR) is 130 cm³/mol. The van der Waals surface area contributed by atoms with Crippen molar-refractivity contribution < 1.29 is 9.66 Å². The zero-order chi connectivity index (χ0) is 23.1. The van der Waals surface area contributed by atoms with Crippen LogP contribution in [0.2, 0.25) is 0 Å². The van der Waals surface area contributed by atoms with E-state index >= 15 is 0 Å². The van der Waals surface area contributed by atoms with Crippen LogP contribution in [0.25, 0.3) is 0 Å². The molecule has 6 heteroatoms. The van der Waals surface area contributed by atoms with Crippen LogP contribution in [-0.4, -0.2) is 53.6 Å². The fraction of sp³-hybridized carbons (Fsp3) is 0.333. The fourth-order valence-electron chi connectivity index (χ4n) is 4.69. The number of hydrogen-bond acceptors (Lipinski definition) is 5. The molecule has 3 aromatic carbocycles. The molecule has 0 aliphatic carbocycles. The maximum absolute atomic E-state index is 12.7. The van der Waals surface area contributed by atoms with Crippen molar-refractivity contribution in [2.45, 2.75) is 25.0 Å². The van der Waals surface area contributed by atoms with E-state index in [0.717, 1.165) is 24.4 Å². The number of methoxy groups -OCH3 is 1. The monoisotopic (exact) mass is 445 g/mol. The third-order valence-electron chi connectivity index (χ3n) is 6.35. The number of ether oxygens (including phenoxy) is 1. The summed E-state index contributed by atoms with van der Waals surface area (Å²) in [6.07, 6.45) is 0.376. The Morgan fingerprint density at radius 3 is 1.70 bits per heavy atom. The number of benzene rings is 3. The van der Waals surface area contributed by atoms with E-state index in [4.69, 9.17) is 4.74 Å². The molecular weight excluding hydrogens is 414 g/mol. The second-order valence-corrected chi connectivity index (χ2v) is 8.90. The molecule has 0 atom stereocenters. The van der Waals surface area contributed by atoms with Crippen LogP contribution in [0.15, 0.2) is 84.9 Å². The molecule has 0 aromatic heterocycles. The first-order chi connectivity index (χ1) is 16.1. The quantitative estimate of drug-likeness (QED) is 0.383. The molecule has 1 saturated heterocycles. The molecule has 1 aliphatic rings. The van der Waals surface area contributed by atoms with Gasteiger partial charge < -0.3 is 4.74 Å². The molecule has 1 heterocycles. The molecule has 0 radical (unpaired) electrons. The number of nitrogens with zero attached hydrogens (tertiary/aromatic N) is 3. The average Bonchev–Trinajstić information content (AvgIpc) is 3.01. The van der Waals surface area contributed by atoms with Crippen molar-refractivity contribution in [1.29, 1.82) is 0 Å². The first kappa shape index (κ1) is 23.0. The van der Waals surface area contributed by atoms with E-state index in [-0.39, 0.29) is 4.92 Å². The van der Waals surface area contributed by atoms with Gasteiger partial charge >= 0.3 is 0 Å². The van der Waals surface area contributed by atoms with Crippen LogP contribution in [0.3, 0.4) is 0 Å². The highest BCUT2D eigenvalue weighted by Gasteiger charge is 2.47. The van der Waals surface area contributed by atoms with Gasteiger partial charge in [0.2, 0.25) is 0 Å². The lowest BCUT2D eigenvalue weighted by Gasteiger charge is -2.31. The summed E-state index contributed by atoms with van der Waals surface area (Å²) in [6, 6.07) is 28.1. The van der Waals surface area contributed by atoms with Crippen molar-refractivity contribution in [3.8, 4) is 5.75 Å². The van der Waals surface area contributed by atoms with E-state index in [1.54, 1.807) is 7.11 Å². The van der Waals surface area contributed by atoms with Gasteiger partial charge in [-0.1, -0.05) is 72.8 Å². The zero-order valence-electron chi connectivity index (χ0n) is 19.1. The molecule has 6 nitrogen and oxygen atoms in total. The van der Waals surface area contributed by atoms with Crippen LogP contribution in [0.1, 0.15) is 16.7 Å². The van der Waals surface area contributed by atoms with Crippen molar-refractivity contribution in [1.82, 2.24) is 9.80 Å². The Labute approximate surface area is 195 Å². The van der Waals surface area contributed by atoms with Gasteiger partial charge in [0, 0.05) is 37.5 Å². The van der Waals surface area contributed by atoms with Gasteiger partial charge in [0.1, 0.15) is 5.75 Å². The molecule has 0 saturated carbocycles. The fourth-order valence-corrected chi connectivity index (χ4v) is 4.69. The summed E-state index contributed by atoms with van der Waals surface area (Å²) in [5.41, 5.74) is 2.20. The van der Waals surface area contributed by atoms with E-state index < -0.39 is 5.54 Å². The van der Waals surface area contributed by atoms with Crippen molar-refractivity contribution in [2.24, 2.45) is 0 Å². The SMILES string of the molecule is COc1ccc(CC2([N+](=O)[O-])CN(Cc3ccccc3)CCN(Cc3ccccc3)C2)cc1. The Hall–Kier alpha value is -3.22. The predicted octanol–water partition coefficient (Wildman–Crippen LogP) is 4.27. The minimum Gasteiger partial charge on any atom is -0.497 e.